The number of nitrogens with zero attached hydrogens (tertiary/aromatic N) is 2. The summed E-state index contributed by atoms with van der Waals surface area (Å²) in [5.41, 5.74) is 0.635. The van der Waals surface area contributed by atoms with E-state index in [1.54, 1.807) is 0 Å². The summed E-state index contributed by atoms with van der Waals surface area (Å²) in [5, 5.41) is 9.47. The molecule has 0 aromatic heterocycles. The number of halogens is 1. The molecule has 0 radical (unpaired) electrons. The number of hydrogen-bond acceptors (Lipinski definition) is 4. The van der Waals surface area contributed by atoms with Gasteiger partial charge in [-0.3, -0.25) is 9.59 Å². The SMILES string of the molecule is CC[C@H](CN1CC[C@H](CNC(=O)c2ccc3cc(Cl)ccc3c2)N[C@H](CCN2CCCCC2)C1=O)C(C)C. The van der Waals surface area contributed by atoms with E-state index in [2.05, 4.69) is 41.2 Å². The van der Waals surface area contributed by atoms with Crippen LogP contribution in [0.1, 0.15) is 69.7 Å². The maximum Gasteiger partial charge on any atom is 0.251 e. The molecule has 2 aliphatic heterocycles. The van der Waals surface area contributed by atoms with Gasteiger partial charge in [-0.25, -0.2) is 0 Å². The third-order valence-corrected chi connectivity index (χ3v) is 8.71. The number of piperidine rings is 1. The number of nitrogens with one attached hydrogen (secondary N) is 2. The molecule has 38 heavy (non-hydrogen) atoms. The zero-order chi connectivity index (χ0) is 27.1. The average molecular weight is 541 g/mol. The minimum absolute atomic E-state index is 0.0534. The van der Waals surface area contributed by atoms with E-state index >= 15 is 0 Å². The first kappa shape index (κ1) is 28.8. The second-order valence-electron chi connectivity index (χ2n) is 11.5. The summed E-state index contributed by atoms with van der Waals surface area (Å²) in [6, 6.07) is 11.2. The monoisotopic (exact) mass is 540 g/mol. The van der Waals surface area contributed by atoms with E-state index in [1.165, 1.54) is 19.3 Å². The highest BCUT2D eigenvalue weighted by Crippen LogP contribution is 2.22. The molecule has 2 aliphatic rings. The van der Waals surface area contributed by atoms with Gasteiger partial charge in [0.15, 0.2) is 0 Å². The first-order valence-corrected chi connectivity index (χ1v) is 15.0. The maximum absolute atomic E-state index is 13.7. The zero-order valence-corrected chi connectivity index (χ0v) is 24.1. The van der Waals surface area contributed by atoms with Crippen LogP contribution in [0.3, 0.4) is 0 Å². The molecule has 0 saturated carbocycles. The molecular weight excluding hydrogens is 496 g/mol. The number of carbonyl (C=O) groups is 2. The van der Waals surface area contributed by atoms with Crippen molar-refractivity contribution in [3.63, 3.8) is 0 Å². The van der Waals surface area contributed by atoms with Crippen LogP contribution in [0, 0.1) is 11.8 Å². The van der Waals surface area contributed by atoms with Gasteiger partial charge in [-0.2, -0.15) is 0 Å². The predicted octanol–water partition coefficient (Wildman–Crippen LogP) is 5.34. The second-order valence-corrected chi connectivity index (χ2v) is 11.9. The molecule has 2 fully saturated rings. The van der Waals surface area contributed by atoms with Crippen LogP contribution in [0.15, 0.2) is 36.4 Å². The van der Waals surface area contributed by atoms with Crippen LogP contribution < -0.4 is 10.6 Å². The Balaban J connectivity index is 1.41. The molecule has 7 heteroatoms. The lowest BCUT2D eigenvalue weighted by atomic mass is 9.92. The van der Waals surface area contributed by atoms with Crippen LogP contribution in [-0.2, 0) is 4.79 Å². The number of amides is 2. The van der Waals surface area contributed by atoms with Crippen molar-refractivity contribution < 1.29 is 9.59 Å². The minimum atomic E-state index is -0.212. The number of hydrogen-bond donors (Lipinski definition) is 2. The Labute approximate surface area is 233 Å². The van der Waals surface area contributed by atoms with E-state index in [1.807, 2.05) is 36.4 Å². The van der Waals surface area contributed by atoms with Gasteiger partial charge in [-0.1, -0.05) is 57.3 Å². The van der Waals surface area contributed by atoms with Crippen LogP contribution in [0.2, 0.25) is 5.02 Å². The van der Waals surface area contributed by atoms with Crippen LogP contribution in [0.4, 0.5) is 0 Å². The number of fused-ring (bicyclic) bond motifs is 1. The van der Waals surface area contributed by atoms with Crippen molar-refractivity contribution in [3.05, 3.63) is 47.0 Å². The van der Waals surface area contributed by atoms with E-state index in [4.69, 9.17) is 11.6 Å². The molecule has 0 unspecified atom stereocenters. The molecule has 0 bridgehead atoms. The standard InChI is InChI=1S/C31H45ClN4O2/c1-4-23(22(2)3)21-36-17-12-28(34-29(31(36)38)13-16-35-14-6-5-7-15-35)20-33-30(37)26-9-8-25-19-27(32)11-10-24(25)18-26/h8-11,18-19,22-23,28-29,34H,4-7,12-17,20-21H2,1-3H3,(H,33,37)/t23-,28-,29-/m1/s1. The molecule has 4 rings (SSSR count). The van der Waals surface area contributed by atoms with E-state index in [0.29, 0.717) is 29.0 Å². The normalized spacial score (nSPS) is 22.0. The number of benzene rings is 2. The molecule has 2 heterocycles. The van der Waals surface area contributed by atoms with Crippen LogP contribution in [0.25, 0.3) is 10.8 Å². The highest BCUT2D eigenvalue weighted by molar-refractivity contribution is 6.31. The summed E-state index contributed by atoms with van der Waals surface area (Å²) in [6.07, 6.45) is 6.53. The van der Waals surface area contributed by atoms with E-state index in [9.17, 15) is 9.59 Å². The zero-order valence-electron chi connectivity index (χ0n) is 23.3. The van der Waals surface area contributed by atoms with Gasteiger partial charge in [0.2, 0.25) is 5.91 Å². The van der Waals surface area contributed by atoms with Gasteiger partial charge in [0.25, 0.3) is 5.91 Å². The fourth-order valence-electron chi connectivity index (χ4n) is 5.90. The van der Waals surface area contributed by atoms with Crippen LogP contribution in [0.5, 0.6) is 0 Å². The molecule has 208 valence electrons. The lowest BCUT2D eigenvalue weighted by molar-refractivity contribution is -0.133. The van der Waals surface area contributed by atoms with Crippen LogP contribution in [-0.4, -0.2) is 73.0 Å². The fraction of sp³-hybridized carbons (Fsp3) is 0.613. The fourth-order valence-corrected chi connectivity index (χ4v) is 6.08. The summed E-state index contributed by atoms with van der Waals surface area (Å²) < 4.78 is 0. The first-order valence-electron chi connectivity index (χ1n) is 14.6. The highest BCUT2D eigenvalue weighted by Gasteiger charge is 2.32. The van der Waals surface area contributed by atoms with Gasteiger partial charge in [-0.15, -0.1) is 0 Å². The van der Waals surface area contributed by atoms with Gasteiger partial charge >= 0.3 is 0 Å². The van der Waals surface area contributed by atoms with Crippen molar-refractivity contribution in [2.75, 3.05) is 39.3 Å². The van der Waals surface area contributed by atoms with Gasteiger partial charge < -0.3 is 20.4 Å². The first-order chi connectivity index (χ1) is 18.3. The molecule has 2 N–H and O–H groups in total. The number of rotatable bonds is 10. The van der Waals surface area contributed by atoms with Crippen molar-refractivity contribution in [3.8, 4) is 0 Å². The third-order valence-electron chi connectivity index (χ3n) is 8.47. The Hall–Kier alpha value is -2.15. The van der Waals surface area contributed by atoms with Crippen LogP contribution >= 0.6 is 11.6 Å². The van der Waals surface area contributed by atoms with Crippen molar-refractivity contribution in [1.82, 2.24) is 20.4 Å². The molecule has 0 spiro atoms. The summed E-state index contributed by atoms with van der Waals surface area (Å²) in [6.45, 7) is 12.0. The largest absolute Gasteiger partial charge is 0.350 e. The lowest BCUT2D eigenvalue weighted by Gasteiger charge is -2.31. The molecule has 2 saturated heterocycles. The third kappa shape index (κ3) is 7.71. The van der Waals surface area contributed by atoms with Gasteiger partial charge in [0, 0.05) is 42.8 Å². The summed E-state index contributed by atoms with van der Waals surface area (Å²) in [4.78, 5) is 31.3. The lowest BCUT2D eigenvalue weighted by Crippen LogP contribution is -2.50. The minimum Gasteiger partial charge on any atom is -0.350 e. The maximum atomic E-state index is 13.7. The van der Waals surface area contributed by atoms with Gasteiger partial charge in [-0.05, 0) is 85.6 Å². The average Bonchev–Trinajstić information content (AvgIpc) is 3.07. The highest BCUT2D eigenvalue weighted by atomic mass is 35.5. The van der Waals surface area contributed by atoms with Gasteiger partial charge in [0.05, 0.1) is 6.04 Å². The molecule has 2 aromatic carbocycles. The summed E-state index contributed by atoms with van der Waals surface area (Å²) >= 11 is 6.10. The quantitative estimate of drug-likeness (QED) is 0.427. The van der Waals surface area contributed by atoms with E-state index in [0.717, 1.165) is 62.8 Å². The topological polar surface area (TPSA) is 64.7 Å². The van der Waals surface area contributed by atoms with Crippen molar-refractivity contribution in [2.45, 2.75) is 71.4 Å². The summed E-state index contributed by atoms with van der Waals surface area (Å²) in [7, 11) is 0. The molecule has 0 aliphatic carbocycles. The Kier molecular flexibility index (Phi) is 10.5. The molecule has 2 aromatic rings. The van der Waals surface area contributed by atoms with Crippen molar-refractivity contribution in [2.24, 2.45) is 11.8 Å². The van der Waals surface area contributed by atoms with Crippen molar-refractivity contribution in [1.29, 1.82) is 0 Å². The number of carbonyl (C=O) groups excluding carboxylic acids is 2. The Morgan fingerprint density at radius 2 is 1.82 bits per heavy atom. The van der Waals surface area contributed by atoms with Gasteiger partial charge in [0.1, 0.15) is 0 Å². The Bertz CT molecular complexity index is 1080. The predicted molar refractivity (Wildman–Crippen MR) is 157 cm³/mol. The Morgan fingerprint density at radius 3 is 2.55 bits per heavy atom. The second kappa shape index (κ2) is 13.8. The molecular formula is C31H45ClN4O2. The van der Waals surface area contributed by atoms with E-state index in [-0.39, 0.29) is 23.9 Å². The van der Waals surface area contributed by atoms with E-state index < -0.39 is 0 Å². The summed E-state index contributed by atoms with van der Waals surface area (Å²) in [5.74, 6) is 1.18. The Morgan fingerprint density at radius 1 is 1.08 bits per heavy atom. The molecule has 2 amide bonds. The number of likely N-dealkylation sites (tertiary alicyclic amines) is 1. The van der Waals surface area contributed by atoms with Crippen molar-refractivity contribution >= 4 is 34.2 Å². The molecule has 6 nitrogen and oxygen atoms in total. The smallest absolute Gasteiger partial charge is 0.251 e. The molecule has 3 atom stereocenters.